The van der Waals surface area contributed by atoms with E-state index in [1.165, 1.54) is 0 Å². The summed E-state index contributed by atoms with van der Waals surface area (Å²) in [5.74, 6) is 2.23. The molecular formula is C14H10BrNO2. The van der Waals surface area contributed by atoms with E-state index in [1.54, 1.807) is 13.3 Å². The topological polar surface area (TPSA) is 30.8 Å². The molecule has 0 amide bonds. The zero-order chi connectivity index (χ0) is 12.5. The van der Waals surface area contributed by atoms with Crippen LogP contribution in [-0.4, -0.2) is 13.3 Å². The molecule has 4 heteroatoms. The number of ether oxygens (including phenoxy) is 2. The van der Waals surface area contributed by atoms with Crippen molar-refractivity contribution in [1.82, 2.24) is 0 Å². The maximum atomic E-state index is 5.89. The molecule has 0 bridgehead atoms. The number of hydrogen-bond donors (Lipinski definition) is 0. The summed E-state index contributed by atoms with van der Waals surface area (Å²) >= 11 is 3.43. The van der Waals surface area contributed by atoms with Crippen LogP contribution < -0.4 is 9.47 Å². The molecule has 0 radical (unpaired) electrons. The second-order valence-corrected chi connectivity index (χ2v) is 4.76. The van der Waals surface area contributed by atoms with Crippen molar-refractivity contribution in [3.63, 3.8) is 0 Å². The maximum Gasteiger partial charge on any atom is 0.154 e. The Bertz CT molecular complexity index is 638. The third-order valence-electron chi connectivity index (χ3n) is 2.72. The summed E-state index contributed by atoms with van der Waals surface area (Å²) in [5.41, 5.74) is 1.66. The number of fused-ring (bicyclic) bond motifs is 2. The molecule has 0 atom stereocenters. The van der Waals surface area contributed by atoms with Crippen molar-refractivity contribution in [2.24, 2.45) is 4.99 Å². The van der Waals surface area contributed by atoms with E-state index in [-0.39, 0.29) is 0 Å². The van der Waals surface area contributed by atoms with Gasteiger partial charge in [0.25, 0.3) is 0 Å². The fourth-order valence-corrected chi connectivity index (χ4v) is 2.19. The Morgan fingerprint density at radius 2 is 2.06 bits per heavy atom. The Hall–Kier alpha value is -1.81. The Morgan fingerprint density at radius 3 is 2.89 bits per heavy atom. The third-order valence-corrected chi connectivity index (χ3v) is 3.21. The van der Waals surface area contributed by atoms with Crippen LogP contribution in [0.1, 0.15) is 5.56 Å². The molecule has 2 aromatic carbocycles. The van der Waals surface area contributed by atoms with Gasteiger partial charge in [-0.1, -0.05) is 22.0 Å². The van der Waals surface area contributed by atoms with Gasteiger partial charge in [0.15, 0.2) is 5.75 Å². The minimum Gasteiger partial charge on any atom is -0.496 e. The van der Waals surface area contributed by atoms with E-state index in [9.17, 15) is 0 Å². The Kier molecular flexibility index (Phi) is 2.80. The van der Waals surface area contributed by atoms with Gasteiger partial charge in [0.1, 0.15) is 17.2 Å². The predicted molar refractivity (Wildman–Crippen MR) is 74.5 cm³/mol. The summed E-state index contributed by atoms with van der Waals surface area (Å²) in [6.45, 7) is 0. The van der Waals surface area contributed by atoms with Gasteiger partial charge in [-0.2, -0.15) is 0 Å². The highest BCUT2D eigenvalue weighted by Gasteiger charge is 2.15. The first-order valence-corrected chi connectivity index (χ1v) is 6.26. The molecule has 0 saturated heterocycles. The molecule has 1 heterocycles. The largest absolute Gasteiger partial charge is 0.496 e. The lowest BCUT2D eigenvalue weighted by molar-refractivity contribution is 0.408. The molecule has 2 aromatic rings. The van der Waals surface area contributed by atoms with Crippen LogP contribution in [0.15, 0.2) is 45.9 Å². The van der Waals surface area contributed by atoms with Crippen molar-refractivity contribution in [1.29, 1.82) is 0 Å². The summed E-state index contributed by atoms with van der Waals surface area (Å²) in [6.07, 6.45) is 1.77. The van der Waals surface area contributed by atoms with Gasteiger partial charge >= 0.3 is 0 Å². The molecule has 0 unspecified atom stereocenters. The van der Waals surface area contributed by atoms with E-state index in [0.29, 0.717) is 0 Å². The Labute approximate surface area is 113 Å². The summed E-state index contributed by atoms with van der Waals surface area (Å²) in [6, 6.07) is 11.4. The first-order chi connectivity index (χ1) is 8.78. The minimum atomic E-state index is 0.729. The predicted octanol–water partition coefficient (Wildman–Crippen LogP) is 4.31. The molecule has 90 valence electrons. The molecule has 0 aliphatic carbocycles. The zero-order valence-corrected chi connectivity index (χ0v) is 11.3. The normalized spacial score (nSPS) is 12.1. The molecule has 0 N–H and O–H groups in total. The zero-order valence-electron chi connectivity index (χ0n) is 9.68. The van der Waals surface area contributed by atoms with Crippen molar-refractivity contribution >= 4 is 27.8 Å². The maximum absolute atomic E-state index is 5.89. The third kappa shape index (κ3) is 1.88. The van der Waals surface area contributed by atoms with Crippen molar-refractivity contribution in [3.05, 3.63) is 46.4 Å². The van der Waals surface area contributed by atoms with Crippen molar-refractivity contribution < 1.29 is 9.47 Å². The van der Waals surface area contributed by atoms with Gasteiger partial charge in [-0.25, -0.2) is 0 Å². The molecule has 0 fully saturated rings. The molecule has 1 aliphatic rings. The molecule has 1 aliphatic heterocycles. The van der Waals surface area contributed by atoms with Crippen LogP contribution >= 0.6 is 15.9 Å². The van der Waals surface area contributed by atoms with Crippen molar-refractivity contribution in [2.45, 2.75) is 0 Å². The number of hydrogen-bond acceptors (Lipinski definition) is 3. The summed E-state index contributed by atoms with van der Waals surface area (Å²) in [5, 5.41) is 0. The van der Waals surface area contributed by atoms with Crippen LogP contribution in [0.4, 0.5) is 5.69 Å². The van der Waals surface area contributed by atoms with Gasteiger partial charge < -0.3 is 9.47 Å². The first-order valence-electron chi connectivity index (χ1n) is 5.46. The quantitative estimate of drug-likeness (QED) is 0.670. The fourth-order valence-electron chi connectivity index (χ4n) is 1.85. The molecule has 0 spiro atoms. The highest BCUT2D eigenvalue weighted by Crippen LogP contribution is 2.39. The molecule has 3 rings (SSSR count). The van der Waals surface area contributed by atoms with Crippen molar-refractivity contribution in [2.75, 3.05) is 7.11 Å². The van der Waals surface area contributed by atoms with Crippen LogP contribution in [-0.2, 0) is 0 Å². The standard InChI is InChI=1S/C14H10BrNO2/c1-17-12-3-2-4-13-10(12)8-16-11-6-5-9(15)7-14(11)18-13/h2-8H,1H3. The molecule has 0 aromatic heterocycles. The van der Waals surface area contributed by atoms with Crippen LogP contribution in [0, 0.1) is 0 Å². The summed E-state index contributed by atoms with van der Waals surface area (Å²) < 4.78 is 12.2. The highest BCUT2D eigenvalue weighted by molar-refractivity contribution is 9.10. The molecule has 18 heavy (non-hydrogen) atoms. The van der Waals surface area contributed by atoms with Crippen LogP contribution in [0.5, 0.6) is 17.2 Å². The lowest BCUT2D eigenvalue weighted by atomic mass is 10.2. The highest BCUT2D eigenvalue weighted by atomic mass is 79.9. The van der Waals surface area contributed by atoms with E-state index in [0.717, 1.165) is 33.0 Å². The molecule has 0 saturated carbocycles. The lowest BCUT2D eigenvalue weighted by Gasteiger charge is -2.10. The Morgan fingerprint density at radius 1 is 1.17 bits per heavy atom. The van der Waals surface area contributed by atoms with E-state index >= 15 is 0 Å². The first kappa shape index (κ1) is 11.3. The van der Waals surface area contributed by atoms with E-state index in [1.807, 2.05) is 36.4 Å². The summed E-state index contributed by atoms with van der Waals surface area (Å²) in [7, 11) is 1.64. The average molecular weight is 304 g/mol. The lowest BCUT2D eigenvalue weighted by Crippen LogP contribution is -1.93. The van der Waals surface area contributed by atoms with Gasteiger partial charge in [0, 0.05) is 10.7 Å². The van der Waals surface area contributed by atoms with Crippen molar-refractivity contribution in [3.8, 4) is 17.2 Å². The monoisotopic (exact) mass is 303 g/mol. The number of rotatable bonds is 1. The number of halogens is 1. The SMILES string of the molecule is COc1cccc2c1C=Nc1ccc(Br)cc1O2. The second kappa shape index (κ2) is 4.46. The minimum absolute atomic E-state index is 0.729. The molecule has 3 nitrogen and oxygen atoms in total. The Balaban J connectivity index is 2.17. The number of nitrogens with zero attached hydrogens (tertiary/aromatic N) is 1. The van der Waals surface area contributed by atoms with Crippen LogP contribution in [0.25, 0.3) is 0 Å². The van der Waals surface area contributed by atoms with Gasteiger partial charge in [0.2, 0.25) is 0 Å². The molecular weight excluding hydrogens is 294 g/mol. The van der Waals surface area contributed by atoms with E-state index in [2.05, 4.69) is 20.9 Å². The summed E-state index contributed by atoms with van der Waals surface area (Å²) in [4.78, 5) is 4.43. The second-order valence-electron chi connectivity index (χ2n) is 3.84. The number of aliphatic imine (C=N–C) groups is 1. The average Bonchev–Trinajstić information content (AvgIpc) is 2.56. The number of benzene rings is 2. The fraction of sp³-hybridized carbons (Fsp3) is 0.0714. The van der Waals surface area contributed by atoms with E-state index in [4.69, 9.17) is 9.47 Å². The van der Waals surface area contributed by atoms with Gasteiger partial charge in [-0.3, -0.25) is 4.99 Å². The van der Waals surface area contributed by atoms with Crippen LogP contribution in [0.2, 0.25) is 0 Å². The smallest absolute Gasteiger partial charge is 0.154 e. The van der Waals surface area contributed by atoms with E-state index < -0.39 is 0 Å². The number of methoxy groups -OCH3 is 1. The van der Waals surface area contributed by atoms with Crippen LogP contribution in [0.3, 0.4) is 0 Å². The van der Waals surface area contributed by atoms with Gasteiger partial charge in [-0.15, -0.1) is 0 Å². The van der Waals surface area contributed by atoms with Gasteiger partial charge in [0.05, 0.1) is 12.7 Å². The van der Waals surface area contributed by atoms with Gasteiger partial charge in [-0.05, 0) is 30.3 Å².